The van der Waals surface area contributed by atoms with Crippen LogP contribution in [0.3, 0.4) is 0 Å². The van der Waals surface area contributed by atoms with Crippen molar-refractivity contribution in [3.8, 4) is 0 Å². The Balaban J connectivity index is 1.77. The predicted octanol–water partition coefficient (Wildman–Crippen LogP) is 2.18. The Morgan fingerprint density at radius 1 is 1.59 bits per heavy atom. The van der Waals surface area contributed by atoms with Gasteiger partial charge in [-0.25, -0.2) is 4.98 Å². The molecule has 1 aliphatic rings. The number of rotatable bonds is 4. The Morgan fingerprint density at radius 3 is 3.05 bits per heavy atom. The van der Waals surface area contributed by atoms with Crippen molar-refractivity contribution in [3.63, 3.8) is 0 Å². The number of aryl methyl sites for hydroxylation is 2. The fourth-order valence-corrected chi connectivity index (χ4v) is 3.44. The van der Waals surface area contributed by atoms with Gasteiger partial charge in [0.2, 0.25) is 0 Å². The van der Waals surface area contributed by atoms with E-state index in [0.717, 1.165) is 29.4 Å². The van der Waals surface area contributed by atoms with E-state index in [-0.39, 0.29) is 17.9 Å². The quantitative estimate of drug-likeness (QED) is 0.937. The fraction of sp³-hybridized carbons (Fsp3) is 0.533. The van der Waals surface area contributed by atoms with Crippen molar-refractivity contribution in [2.75, 3.05) is 13.2 Å². The molecule has 0 aliphatic carbocycles. The van der Waals surface area contributed by atoms with E-state index >= 15 is 0 Å². The van der Waals surface area contributed by atoms with Crippen molar-refractivity contribution in [1.82, 2.24) is 20.1 Å². The minimum atomic E-state index is -0.112. The molecule has 0 radical (unpaired) electrons. The molecule has 0 unspecified atom stereocenters. The molecule has 1 N–H and O–H groups in total. The standard InChI is InChI=1S/C15H20N4O2S/c1-9-8-22-15(16-9)10(2)17-14(20)12-6-19(3)18-13(12)11-4-5-21-7-11/h6,8,10-11H,4-5,7H2,1-3H3,(H,17,20)/t10-,11-/m0/s1. The molecule has 0 saturated carbocycles. The van der Waals surface area contributed by atoms with E-state index < -0.39 is 0 Å². The molecule has 0 aromatic carbocycles. The molecule has 1 amide bonds. The summed E-state index contributed by atoms with van der Waals surface area (Å²) in [6.07, 6.45) is 2.70. The van der Waals surface area contributed by atoms with Crippen LogP contribution in [0.1, 0.15) is 52.1 Å². The van der Waals surface area contributed by atoms with Crippen molar-refractivity contribution in [1.29, 1.82) is 0 Å². The first-order valence-corrected chi connectivity index (χ1v) is 8.26. The lowest BCUT2D eigenvalue weighted by Gasteiger charge is -2.12. The Kier molecular flexibility index (Phi) is 4.26. The zero-order valence-electron chi connectivity index (χ0n) is 13.0. The fourth-order valence-electron chi connectivity index (χ4n) is 2.64. The number of nitrogens with zero attached hydrogens (tertiary/aromatic N) is 3. The van der Waals surface area contributed by atoms with Crippen LogP contribution >= 0.6 is 11.3 Å². The van der Waals surface area contributed by atoms with E-state index in [1.54, 1.807) is 22.2 Å². The molecule has 2 atom stereocenters. The average molecular weight is 320 g/mol. The van der Waals surface area contributed by atoms with Gasteiger partial charge < -0.3 is 10.1 Å². The molecule has 22 heavy (non-hydrogen) atoms. The van der Waals surface area contributed by atoms with Crippen LogP contribution in [0.2, 0.25) is 0 Å². The Labute approximate surface area is 133 Å². The Bertz CT molecular complexity index is 673. The molecule has 6 nitrogen and oxygen atoms in total. The maximum absolute atomic E-state index is 12.6. The number of hydrogen-bond donors (Lipinski definition) is 1. The van der Waals surface area contributed by atoms with Gasteiger partial charge in [0.05, 0.1) is 23.9 Å². The van der Waals surface area contributed by atoms with Crippen LogP contribution in [0, 0.1) is 6.92 Å². The van der Waals surface area contributed by atoms with Gasteiger partial charge in [-0.2, -0.15) is 5.10 Å². The van der Waals surface area contributed by atoms with Crippen molar-refractivity contribution in [3.05, 3.63) is 33.5 Å². The maximum Gasteiger partial charge on any atom is 0.255 e. The first kappa shape index (κ1) is 15.2. The minimum absolute atomic E-state index is 0.102. The summed E-state index contributed by atoms with van der Waals surface area (Å²) in [5.74, 6) is 0.106. The second-order valence-corrected chi connectivity index (χ2v) is 6.57. The molecule has 0 bridgehead atoms. The van der Waals surface area contributed by atoms with Gasteiger partial charge in [-0.05, 0) is 20.3 Å². The summed E-state index contributed by atoms with van der Waals surface area (Å²) in [6, 6.07) is -0.112. The molecular formula is C15H20N4O2S. The number of amides is 1. The number of hydrogen-bond acceptors (Lipinski definition) is 5. The third-order valence-electron chi connectivity index (χ3n) is 3.77. The highest BCUT2D eigenvalue weighted by atomic mass is 32.1. The Hall–Kier alpha value is -1.73. The Morgan fingerprint density at radius 2 is 2.41 bits per heavy atom. The van der Waals surface area contributed by atoms with Crippen LogP contribution in [0.5, 0.6) is 0 Å². The third-order valence-corrected chi connectivity index (χ3v) is 4.92. The highest BCUT2D eigenvalue weighted by Crippen LogP contribution is 2.27. The summed E-state index contributed by atoms with van der Waals surface area (Å²) >= 11 is 1.56. The van der Waals surface area contributed by atoms with E-state index in [2.05, 4.69) is 15.4 Å². The normalized spacial score (nSPS) is 19.3. The molecule has 2 aromatic rings. The van der Waals surface area contributed by atoms with Crippen LogP contribution in [-0.2, 0) is 11.8 Å². The van der Waals surface area contributed by atoms with Gasteiger partial charge in [0.1, 0.15) is 5.01 Å². The molecule has 0 spiro atoms. The molecule has 7 heteroatoms. The number of carbonyl (C=O) groups is 1. The minimum Gasteiger partial charge on any atom is -0.381 e. The number of carbonyl (C=O) groups excluding carboxylic acids is 1. The zero-order chi connectivity index (χ0) is 15.7. The van der Waals surface area contributed by atoms with Gasteiger partial charge >= 0.3 is 0 Å². The summed E-state index contributed by atoms with van der Waals surface area (Å²) in [7, 11) is 1.84. The largest absolute Gasteiger partial charge is 0.381 e. The molecule has 1 aliphatic heterocycles. The lowest BCUT2D eigenvalue weighted by Crippen LogP contribution is -2.27. The van der Waals surface area contributed by atoms with Crippen LogP contribution < -0.4 is 5.32 Å². The summed E-state index contributed by atoms with van der Waals surface area (Å²) < 4.78 is 7.11. The SMILES string of the molecule is Cc1csc([C@H](C)NC(=O)c2cn(C)nc2[C@H]2CCOC2)n1. The van der Waals surface area contributed by atoms with Gasteiger partial charge in [0, 0.05) is 36.8 Å². The number of ether oxygens (including phenoxy) is 1. The van der Waals surface area contributed by atoms with E-state index in [4.69, 9.17) is 4.74 Å². The second-order valence-electron chi connectivity index (χ2n) is 5.68. The van der Waals surface area contributed by atoms with Gasteiger partial charge in [-0.3, -0.25) is 9.48 Å². The van der Waals surface area contributed by atoms with Crippen molar-refractivity contribution >= 4 is 17.2 Å². The zero-order valence-corrected chi connectivity index (χ0v) is 13.8. The molecule has 1 saturated heterocycles. The van der Waals surface area contributed by atoms with Gasteiger partial charge in [0.25, 0.3) is 5.91 Å². The van der Waals surface area contributed by atoms with Gasteiger partial charge in [-0.1, -0.05) is 0 Å². The predicted molar refractivity (Wildman–Crippen MR) is 84.1 cm³/mol. The molecule has 118 valence electrons. The monoisotopic (exact) mass is 320 g/mol. The van der Waals surface area contributed by atoms with Crippen molar-refractivity contribution in [2.24, 2.45) is 7.05 Å². The first-order chi connectivity index (χ1) is 10.5. The molecule has 3 heterocycles. The topological polar surface area (TPSA) is 69.0 Å². The summed E-state index contributed by atoms with van der Waals surface area (Å²) in [4.78, 5) is 17.0. The highest BCUT2D eigenvalue weighted by molar-refractivity contribution is 7.09. The van der Waals surface area contributed by atoms with Gasteiger partial charge in [0.15, 0.2) is 0 Å². The summed E-state index contributed by atoms with van der Waals surface area (Å²) in [6.45, 7) is 5.27. The van der Waals surface area contributed by atoms with Gasteiger partial charge in [-0.15, -0.1) is 11.3 Å². The van der Waals surface area contributed by atoms with Crippen molar-refractivity contribution < 1.29 is 9.53 Å². The van der Waals surface area contributed by atoms with Crippen molar-refractivity contribution in [2.45, 2.75) is 32.2 Å². The molecule has 1 fully saturated rings. The average Bonchev–Trinajstić information content (AvgIpc) is 3.17. The lowest BCUT2D eigenvalue weighted by molar-refractivity contribution is 0.0938. The maximum atomic E-state index is 12.6. The van der Waals surface area contributed by atoms with Crippen LogP contribution in [-0.4, -0.2) is 33.9 Å². The summed E-state index contributed by atoms with van der Waals surface area (Å²) in [5.41, 5.74) is 2.45. The summed E-state index contributed by atoms with van der Waals surface area (Å²) in [5, 5.41) is 10.4. The van der Waals surface area contributed by atoms with E-state index in [1.807, 2.05) is 26.3 Å². The lowest BCUT2D eigenvalue weighted by atomic mass is 10.0. The third kappa shape index (κ3) is 3.05. The number of nitrogens with one attached hydrogen (secondary N) is 1. The molecular weight excluding hydrogens is 300 g/mol. The smallest absolute Gasteiger partial charge is 0.255 e. The highest BCUT2D eigenvalue weighted by Gasteiger charge is 2.27. The first-order valence-electron chi connectivity index (χ1n) is 7.38. The number of aromatic nitrogens is 3. The molecule has 3 rings (SSSR count). The number of thiazole rings is 1. The van der Waals surface area contributed by atoms with E-state index in [1.165, 1.54) is 0 Å². The van der Waals surface area contributed by atoms with Crippen LogP contribution in [0.4, 0.5) is 0 Å². The van der Waals surface area contributed by atoms with E-state index in [0.29, 0.717) is 12.2 Å². The van der Waals surface area contributed by atoms with Crippen LogP contribution in [0.15, 0.2) is 11.6 Å². The second kappa shape index (κ2) is 6.18. The van der Waals surface area contributed by atoms with E-state index in [9.17, 15) is 4.79 Å². The molecule has 2 aromatic heterocycles. The van der Waals surface area contributed by atoms with Crippen LogP contribution in [0.25, 0.3) is 0 Å².